The summed E-state index contributed by atoms with van der Waals surface area (Å²) in [6.07, 6.45) is 1.49. The number of nitrogens with zero attached hydrogens (tertiary/aromatic N) is 3. The quantitative estimate of drug-likeness (QED) is 0.431. The van der Waals surface area contributed by atoms with Crippen molar-refractivity contribution in [3.8, 4) is 0 Å². The lowest BCUT2D eigenvalue weighted by molar-refractivity contribution is -0.384. The minimum Gasteiger partial charge on any atom is -0.284 e. The van der Waals surface area contributed by atoms with Gasteiger partial charge in [0, 0.05) is 34.7 Å². The van der Waals surface area contributed by atoms with Gasteiger partial charge in [0.2, 0.25) is 10.0 Å². The number of carbonyl (C=O) groups is 1. The van der Waals surface area contributed by atoms with Gasteiger partial charge in [-0.3, -0.25) is 19.6 Å². The highest BCUT2D eigenvalue weighted by Crippen LogP contribution is 2.36. The van der Waals surface area contributed by atoms with Crippen molar-refractivity contribution >= 4 is 44.4 Å². The van der Waals surface area contributed by atoms with Crippen LogP contribution in [0.4, 0.5) is 11.4 Å². The first kappa shape index (κ1) is 21.7. The van der Waals surface area contributed by atoms with E-state index in [9.17, 15) is 23.3 Å². The highest BCUT2D eigenvalue weighted by atomic mass is 32.2. The van der Waals surface area contributed by atoms with Gasteiger partial charge in [-0.1, -0.05) is 24.3 Å². The Kier molecular flexibility index (Phi) is 5.76. The molecule has 0 unspecified atom stereocenters. The summed E-state index contributed by atoms with van der Waals surface area (Å²) in [5.41, 5.74) is 1.67. The maximum absolute atomic E-state index is 13.3. The van der Waals surface area contributed by atoms with E-state index in [1.165, 1.54) is 40.6 Å². The van der Waals surface area contributed by atoms with E-state index in [1.54, 1.807) is 24.3 Å². The number of anilines is 1. The van der Waals surface area contributed by atoms with Crippen LogP contribution >= 0.6 is 11.3 Å². The third-order valence-corrected chi connectivity index (χ3v) is 6.37. The Morgan fingerprint density at radius 3 is 2.66 bits per heavy atom. The van der Waals surface area contributed by atoms with Crippen LogP contribution in [-0.4, -0.2) is 36.2 Å². The number of amides is 1. The van der Waals surface area contributed by atoms with E-state index in [1.807, 2.05) is 17.5 Å². The van der Waals surface area contributed by atoms with Crippen LogP contribution in [0.5, 0.6) is 0 Å². The molecule has 1 aliphatic heterocycles. The lowest BCUT2D eigenvalue weighted by atomic mass is 10.0. The first-order valence-electron chi connectivity index (χ1n) is 9.48. The predicted molar refractivity (Wildman–Crippen MR) is 122 cm³/mol. The van der Waals surface area contributed by atoms with Gasteiger partial charge < -0.3 is 0 Å². The molecule has 2 heterocycles. The molecular formula is C21H18N4O5S2. The molecule has 32 heavy (non-hydrogen) atoms. The van der Waals surface area contributed by atoms with E-state index in [-0.39, 0.29) is 17.3 Å². The Morgan fingerprint density at radius 1 is 1.19 bits per heavy atom. The van der Waals surface area contributed by atoms with Crippen molar-refractivity contribution in [2.75, 3.05) is 11.0 Å². The second kappa shape index (κ2) is 8.52. The van der Waals surface area contributed by atoms with Crippen LogP contribution < -0.4 is 4.72 Å². The third-order valence-electron chi connectivity index (χ3n) is 4.79. The minimum absolute atomic E-state index is 0.165. The molecular weight excluding hydrogens is 452 g/mol. The zero-order valence-electron chi connectivity index (χ0n) is 16.8. The van der Waals surface area contributed by atoms with Crippen LogP contribution in [0.25, 0.3) is 0 Å². The summed E-state index contributed by atoms with van der Waals surface area (Å²) in [6, 6.07) is 15.7. The summed E-state index contributed by atoms with van der Waals surface area (Å²) in [5, 5.41) is 18.9. The molecule has 3 aromatic rings. The minimum atomic E-state index is -3.44. The molecule has 0 fully saturated rings. The summed E-state index contributed by atoms with van der Waals surface area (Å²) < 4.78 is 25.6. The van der Waals surface area contributed by atoms with E-state index in [0.717, 1.165) is 11.1 Å². The molecule has 164 valence electrons. The lowest BCUT2D eigenvalue weighted by Crippen LogP contribution is -2.26. The van der Waals surface area contributed by atoms with Crippen molar-refractivity contribution in [3.05, 3.63) is 92.2 Å². The fourth-order valence-electron chi connectivity index (χ4n) is 3.44. The van der Waals surface area contributed by atoms with Crippen LogP contribution in [0.3, 0.4) is 0 Å². The second-order valence-electron chi connectivity index (χ2n) is 7.19. The predicted octanol–water partition coefficient (Wildman–Crippen LogP) is 4.02. The zero-order valence-corrected chi connectivity index (χ0v) is 18.5. The monoisotopic (exact) mass is 470 g/mol. The number of benzene rings is 2. The summed E-state index contributed by atoms with van der Waals surface area (Å²) in [6.45, 7) is 0. The van der Waals surface area contributed by atoms with E-state index in [0.29, 0.717) is 23.4 Å². The normalized spacial score (nSPS) is 16.0. The van der Waals surface area contributed by atoms with Crippen LogP contribution in [0.1, 0.15) is 33.3 Å². The number of rotatable bonds is 6. The molecule has 1 aliphatic rings. The highest BCUT2D eigenvalue weighted by Gasteiger charge is 2.34. The summed E-state index contributed by atoms with van der Waals surface area (Å²) in [5.74, 6) is -0.451. The lowest BCUT2D eigenvalue weighted by Gasteiger charge is -2.20. The van der Waals surface area contributed by atoms with Crippen molar-refractivity contribution in [1.29, 1.82) is 0 Å². The van der Waals surface area contributed by atoms with Gasteiger partial charge in [0.25, 0.3) is 11.6 Å². The Hall–Kier alpha value is -3.57. The van der Waals surface area contributed by atoms with Gasteiger partial charge in [0.15, 0.2) is 0 Å². The summed E-state index contributed by atoms with van der Waals surface area (Å²) >= 11 is 1.49. The molecule has 2 aromatic carbocycles. The van der Waals surface area contributed by atoms with Crippen LogP contribution in [0.15, 0.2) is 71.1 Å². The average Bonchev–Trinajstić information content (AvgIpc) is 3.42. The smallest absolute Gasteiger partial charge is 0.274 e. The fraction of sp³-hybridized carbons (Fsp3) is 0.143. The molecule has 1 aromatic heterocycles. The van der Waals surface area contributed by atoms with Crippen molar-refractivity contribution in [2.45, 2.75) is 12.5 Å². The number of nitro benzene ring substituents is 1. The van der Waals surface area contributed by atoms with Gasteiger partial charge in [-0.25, -0.2) is 13.4 Å². The number of carbonyl (C=O) groups excluding carboxylic acids is 1. The zero-order chi connectivity index (χ0) is 22.9. The first-order chi connectivity index (χ1) is 15.2. The Bertz CT molecular complexity index is 1320. The topological polar surface area (TPSA) is 122 Å². The summed E-state index contributed by atoms with van der Waals surface area (Å²) in [4.78, 5) is 24.8. The standard InChI is InChI=1S/C21H18N4O5S2/c1-32(29,30)23-16-7-2-5-14(11-16)18-13-19(20-9-4-10-31-20)24(22-18)21(26)15-6-3-8-17(12-15)25(27)28/h2-12,19,23H,13H2,1H3/t19-/m1/s1. The van der Waals surface area contributed by atoms with Crippen molar-refractivity contribution in [1.82, 2.24) is 5.01 Å². The van der Waals surface area contributed by atoms with E-state index in [2.05, 4.69) is 9.82 Å². The van der Waals surface area contributed by atoms with E-state index < -0.39 is 20.9 Å². The van der Waals surface area contributed by atoms with Gasteiger partial charge in [0.05, 0.1) is 22.9 Å². The number of hydrogen-bond acceptors (Lipinski definition) is 7. The SMILES string of the molecule is CS(=O)(=O)Nc1cccc(C2=NN(C(=O)c3cccc([N+](=O)[O-])c3)[C@@H](c3cccs3)C2)c1. The highest BCUT2D eigenvalue weighted by molar-refractivity contribution is 7.92. The average molecular weight is 471 g/mol. The van der Waals surface area contributed by atoms with Gasteiger partial charge in [-0.2, -0.15) is 5.10 Å². The van der Waals surface area contributed by atoms with Gasteiger partial charge in [0.1, 0.15) is 0 Å². The molecule has 0 saturated heterocycles. The number of nitrogens with one attached hydrogen (secondary N) is 1. The van der Waals surface area contributed by atoms with E-state index in [4.69, 9.17) is 0 Å². The number of thiophene rings is 1. The number of hydrazone groups is 1. The van der Waals surface area contributed by atoms with Crippen molar-refractivity contribution in [3.63, 3.8) is 0 Å². The molecule has 0 saturated carbocycles. The van der Waals surface area contributed by atoms with Crippen LogP contribution in [0, 0.1) is 10.1 Å². The van der Waals surface area contributed by atoms with Gasteiger partial charge in [-0.15, -0.1) is 11.3 Å². The molecule has 0 bridgehead atoms. The fourth-order valence-corrected chi connectivity index (χ4v) is 4.80. The molecule has 11 heteroatoms. The van der Waals surface area contributed by atoms with E-state index >= 15 is 0 Å². The number of nitro groups is 1. The molecule has 9 nitrogen and oxygen atoms in total. The van der Waals surface area contributed by atoms with Crippen LogP contribution in [0.2, 0.25) is 0 Å². The Morgan fingerprint density at radius 2 is 1.97 bits per heavy atom. The molecule has 1 atom stereocenters. The number of sulfonamides is 1. The number of non-ortho nitro benzene ring substituents is 1. The molecule has 0 aliphatic carbocycles. The second-order valence-corrected chi connectivity index (χ2v) is 9.92. The van der Waals surface area contributed by atoms with Crippen molar-refractivity contribution < 1.29 is 18.1 Å². The Labute approximate surface area is 188 Å². The molecule has 1 amide bonds. The molecule has 0 spiro atoms. The maximum Gasteiger partial charge on any atom is 0.274 e. The molecule has 0 radical (unpaired) electrons. The first-order valence-corrected chi connectivity index (χ1v) is 12.3. The number of hydrogen-bond donors (Lipinski definition) is 1. The third kappa shape index (κ3) is 4.68. The van der Waals surface area contributed by atoms with Crippen molar-refractivity contribution in [2.24, 2.45) is 5.10 Å². The maximum atomic E-state index is 13.3. The summed E-state index contributed by atoms with van der Waals surface area (Å²) in [7, 11) is -3.44. The van der Waals surface area contributed by atoms with Gasteiger partial charge >= 0.3 is 0 Å². The molecule has 1 N–H and O–H groups in total. The van der Waals surface area contributed by atoms with Gasteiger partial charge in [-0.05, 0) is 35.2 Å². The van der Waals surface area contributed by atoms with Crippen LogP contribution in [-0.2, 0) is 10.0 Å². The molecule has 4 rings (SSSR count). The largest absolute Gasteiger partial charge is 0.284 e. The Balaban J connectivity index is 1.71.